The van der Waals surface area contributed by atoms with Crippen LogP contribution in [-0.2, 0) is 14.4 Å². The molecule has 0 radical (unpaired) electrons. The van der Waals surface area contributed by atoms with E-state index in [0.29, 0.717) is 17.8 Å². The maximum atomic E-state index is 13.1. The number of nitrogens with zero attached hydrogens (tertiary/aromatic N) is 2. The van der Waals surface area contributed by atoms with Crippen LogP contribution in [0.4, 0.5) is 16.2 Å². The molecule has 2 aliphatic rings. The topological polar surface area (TPSA) is 98.8 Å². The van der Waals surface area contributed by atoms with Crippen LogP contribution in [0, 0.1) is 5.92 Å². The second kappa shape index (κ2) is 6.68. The number of amides is 5. The van der Waals surface area contributed by atoms with Gasteiger partial charge in [0, 0.05) is 0 Å². The van der Waals surface area contributed by atoms with Crippen molar-refractivity contribution in [3.8, 4) is 0 Å². The summed E-state index contributed by atoms with van der Waals surface area (Å²) in [5, 5.41) is 5.41. The zero-order valence-electron chi connectivity index (χ0n) is 15.9. The van der Waals surface area contributed by atoms with E-state index in [9.17, 15) is 19.2 Å². The van der Waals surface area contributed by atoms with Gasteiger partial charge in [0.25, 0.3) is 5.91 Å². The molecule has 0 unspecified atom stereocenters. The Morgan fingerprint density at radius 3 is 2.52 bits per heavy atom. The Kier molecular flexibility index (Phi) is 4.67. The highest BCUT2D eigenvalue weighted by atomic mass is 16.2. The second-order valence-corrected chi connectivity index (χ2v) is 7.82. The quantitative estimate of drug-likeness (QED) is 0.786. The normalized spacial score (nSPS) is 21.2. The van der Waals surface area contributed by atoms with Crippen molar-refractivity contribution in [1.82, 2.24) is 10.2 Å². The molecule has 1 fully saturated rings. The Morgan fingerprint density at radius 2 is 1.85 bits per heavy atom. The number of fused-ring (bicyclic) bond motifs is 1. The van der Waals surface area contributed by atoms with Gasteiger partial charge in [-0.15, -0.1) is 0 Å². The van der Waals surface area contributed by atoms with E-state index in [-0.39, 0.29) is 11.8 Å². The SMILES string of the molecule is CC(C)C[C@H]1NC(=O)N(CC(=O)N2c3ccccc3NC(=O)C2(C)C)C1=O. The minimum atomic E-state index is -1.15. The second-order valence-electron chi connectivity index (χ2n) is 7.82. The lowest BCUT2D eigenvalue weighted by Gasteiger charge is -2.42. The van der Waals surface area contributed by atoms with Gasteiger partial charge in [0.2, 0.25) is 11.8 Å². The van der Waals surface area contributed by atoms with Gasteiger partial charge in [-0.05, 0) is 38.3 Å². The summed E-state index contributed by atoms with van der Waals surface area (Å²) in [7, 11) is 0. The first kappa shape index (κ1) is 18.9. The average Bonchev–Trinajstić information content (AvgIpc) is 2.82. The molecule has 2 heterocycles. The van der Waals surface area contributed by atoms with Gasteiger partial charge < -0.3 is 10.6 Å². The predicted octanol–water partition coefficient (Wildman–Crippen LogP) is 1.72. The lowest BCUT2D eigenvalue weighted by molar-refractivity contribution is -0.132. The van der Waals surface area contributed by atoms with Gasteiger partial charge in [-0.2, -0.15) is 0 Å². The van der Waals surface area contributed by atoms with E-state index in [0.717, 1.165) is 4.90 Å². The summed E-state index contributed by atoms with van der Waals surface area (Å²) >= 11 is 0. The van der Waals surface area contributed by atoms with Crippen LogP contribution in [-0.4, -0.2) is 46.8 Å². The van der Waals surface area contributed by atoms with E-state index in [2.05, 4.69) is 10.6 Å². The van der Waals surface area contributed by atoms with Crippen LogP contribution in [0.5, 0.6) is 0 Å². The molecule has 1 aromatic rings. The van der Waals surface area contributed by atoms with Crippen molar-refractivity contribution >= 4 is 35.1 Å². The standard InChI is InChI=1S/C19H24N4O4/c1-11(2)9-13-16(25)22(18(27)21-13)10-15(24)23-14-8-6-5-7-12(14)20-17(26)19(23,3)4/h5-8,11,13H,9-10H2,1-4H3,(H,20,26)(H,21,27)/t13-/m1/s1. The van der Waals surface area contributed by atoms with Gasteiger partial charge >= 0.3 is 6.03 Å². The van der Waals surface area contributed by atoms with Crippen molar-refractivity contribution in [3.63, 3.8) is 0 Å². The molecule has 1 atom stereocenters. The van der Waals surface area contributed by atoms with Crippen LogP contribution in [0.2, 0.25) is 0 Å². The monoisotopic (exact) mass is 372 g/mol. The van der Waals surface area contributed by atoms with E-state index in [1.807, 2.05) is 13.8 Å². The van der Waals surface area contributed by atoms with Gasteiger partial charge in [-0.1, -0.05) is 26.0 Å². The fourth-order valence-electron chi connectivity index (χ4n) is 3.46. The van der Waals surface area contributed by atoms with Crippen LogP contribution in [0.25, 0.3) is 0 Å². The van der Waals surface area contributed by atoms with Crippen molar-refractivity contribution in [2.75, 3.05) is 16.8 Å². The number of urea groups is 1. The summed E-state index contributed by atoms with van der Waals surface area (Å²) < 4.78 is 0. The van der Waals surface area contributed by atoms with Crippen molar-refractivity contribution in [2.24, 2.45) is 5.92 Å². The third-order valence-electron chi connectivity index (χ3n) is 4.86. The third-order valence-corrected chi connectivity index (χ3v) is 4.86. The largest absolute Gasteiger partial charge is 0.326 e. The van der Waals surface area contributed by atoms with Crippen LogP contribution < -0.4 is 15.5 Å². The lowest BCUT2D eigenvalue weighted by atomic mass is 9.96. The number of para-hydroxylation sites is 2. The molecule has 1 saturated heterocycles. The zero-order chi connectivity index (χ0) is 19.9. The molecule has 2 N–H and O–H groups in total. The highest BCUT2D eigenvalue weighted by molar-refractivity contribution is 6.16. The maximum Gasteiger partial charge on any atom is 0.325 e. The van der Waals surface area contributed by atoms with Gasteiger partial charge in [-0.3, -0.25) is 24.2 Å². The molecule has 144 valence electrons. The Balaban J connectivity index is 1.86. The van der Waals surface area contributed by atoms with Gasteiger partial charge in [0.05, 0.1) is 11.4 Å². The van der Waals surface area contributed by atoms with Crippen LogP contribution in [0.1, 0.15) is 34.1 Å². The number of nitrogens with one attached hydrogen (secondary N) is 2. The molecule has 8 heteroatoms. The van der Waals surface area contributed by atoms with Crippen molar-refractivity contribution in [2.45, 2.75) is 45.7 Å². The Labute approximate surface area is 157 Å². The van der Waals surface area contributed by atoms with Crippen molar-refractivity contribution < 1.29 is 19.2 Å². The number of benzene rings is 1. The fraction of sp³-hybridized carbons (Fsp3) is 0.474. The van der Waals surface area contributed by atoms with Gasteiger partial charge in [-0.25, -0.2) is 4.79 Å². The summed E-state index contributed by atoms with van der Waals surface area (Å²) in [6, 6.07) is 5.76. The third kappa shape index (κ3) is 3.27. The molecular formula is C19H24N4O4. The van der Waals surface area contributed by atoms with E-state index in [4.69, 9.17) is 0 Å². The van der Waals surface area contributed by atoms with E-state index in [1.54, 1.807) is 38.1 Å². The molecule has 0 spiro atoms. The number of hydrogen-bond donors (Lipinski definition) is 2. The highest BCUT2D eigenvalue weighted by Gasteiger charge is 2.46. The molecule has 3 rings (SSSR count). The number of carbonyl (C=O) groups is 4. The van der Waals surface area contributed by atoms with Crippen LogP contribution in [0.15, 0.2) is 24.3 Å². The molecule has 27 heavy (non-hydrogen) atoms. The molecule has 0 saturated carbocycles. The molecule has 0 aromatic heterocycles. The van der Waals surface area contributed by atoms with Crippen molar-refractivity contribution in [3.05, 3.63) is 24.3 Å². The number of anilines is 2. The van der Waals surface area contributed by atoms with Crippen molar-refractivity contribution in [1.29, 1.82) is 0 Å². The molecule has 2 aliphatic heterocycles. The summed E-state index contributed by atoms with van der Waals surface area (Å²) in [4.78, 5) is 52.6. The number of hydrogen-bond acceptors (Lipinski definition) is 4. The fourth-order valence-corrected chi connectivity index (χ4v) is 3.46. The first-order valence-corrected chi connectivity index (χ1v) is 8.98. The number of rotatable bonds is 4. The van der Waals surface area contributed by atoms with Crippen LogP contribution >= 0.6 is 0 Å². The maximum absolute atomic E-state index is 13.1. The predicted molar refractivity (Wildman–Crippen MR) is 100 cm³/mol. The van der Waals surface area contributed by atoms with E-state index < -0.39 is 36.0 Å². The summed E-state index contributed by atoms with van der Waals surface area (Å²) in [6.45, 7) is 6.76. The summed E-state index contributed by atoms with van der Waals surface area (Å²) in [5.41, 5.74) is -0.0925. The average molecular weight is 372 g/mol. The minimum absolute atomic E-state index is 0.228. The smallest absolute Gasteiger partial charge is 0.325 e. The molecular weight excluding hydrogens is 348 g/mol. The Hall–Kier alpha value is -2.90. The minimum Gasteiger partial charge on any atom is -0.326 e. The first-order valence-electron chi connectivity index (χ1n) is 8.98. The lowest BCUT2D eigenvalue weighted by Crippen LogP contribution is -2.60. The Bertz CT molecular complexity index is 818. The Morgan fingerprint density at radius 1 is 1.19 bits per heavy atom. The molecule has 8 nitrogen and oxygen atoms in total. The molecule has 0 bridgehead atoms. The number of carbonyl (C=O) groups excluding carboxylic acids is 4. The van der Waals surface area contributed by atoms with Gasteiger partial charge in [0.1, 0.15) is 18.1 Å². The molecule has 1 aromatic carbocycles. The van der Waals surface area contributed by atoms with E-state index in [1.165, 1.54) is 4.90 Å². The first-order chi connectivity index (χ1) is 12.6. The summed E-state index contributed by atoms with van der Waals surface area (Å²) in [5.74, 6) is -0.999. The highest BCUT2D eigenvalue weighted by Crippen LogP contribution is 2.36. The van der Waals surface area contributed by atoms with Gasteiger partial charge in [0.15, 0.2) is 0 Å². The number of imide groups is 1. The van der Waals surface area contributed by atoms with E-state index >= 15 is 0 Å². The summed E-state index contributed by atoms with van der Waals surface area (Å²) in [6.07, 6.45) is 0.510. The molecule has 5 amide bonds. The van der Waals surface area contributed by atoms with Crippen LogP contribution in [0.3, 0.4) is 0 Å². The zero-order valence-corrected chi connectivity index (χ0v) is 15.9. The molecule has 0 aliphatic carbocycles.